The summed E-state index contributed by atoms with van der Waals surface area (Å²) in [4.78, 5) is 21.6. The lowest BCUT2D eigenvalue weighted by atomic mass is 10.1. The van der Waals surface area contributed by atoms with E-state index in [1.807, 2.05) is 38.1 Å². The van der Waals surface area contributed by atoms with E-state index in [4.69, 9.17) is 16.3 Å². The van der Waals surface area contributed by atoms with Crippen molar-refractivity contribution in [2.24, 2.45) is 0 Å². The predicted octanol–water partition coefficient (Wildman–Crippen LogP) is 4.49. The number of methoxy groups -OCH3 is 1. The van der Waals surface area contributed by atoms with E-state index in [1.54, 1.807) is 0 Å². The van der Waals surface area contributed by atoms with Gasteiger partial charge in [0.15, 0.2) is 0 Å². The zero-order valence-electron chi connectivity index (χ0n) is 12.8. The zero-order valence-corrected chi connectivity index (χ0v) is 14.4. The first-order valence-electron chi connectivity index (χ1n) is 6.89. The van der Waals surface area contributed by atoms with E-state index in [1.165, 1.54) is 18.4 Å². The molecular weight excluding hydrogens is 334 g/mol. The molecule has 3 aromatic rings. The third-order valence-corrected chi connectivity index (χ3v) is 4.87. The van der Waals surface area contributed by atoms with Crippen LogP contribution in [0.2, 0.25) is 5.28 Å². The molecule has 0 aliphatic rings. The number of nitrogens with one attached hydrogen (secondary N) is 1. The largest absolute Gasteiger partial charge is 0.465 e. The van der Waals surface area contributed by atoms with E-state index >= 15 is 0 Å². The van der Waals surface area contributed by atoms with Crippen molar-refractivity contribution in [1.29, 1.82) is 0 Å². The van der Waals surface area contributed by atoms with E-state index in [-0.39, 0.29) is 11.3 Å². The lowest BCUT2D eigenvalue weighted by molar-refractivity contribution is 0.0605. The lowest BCUT2D eigenvalue weighted by Crippen LogP contribution is -2.01. The Balaban J connectivity index is 2.18. The van der Waals surface area contributed by atoms with Crippen LogP contribution in [-0.2, 0) is 4.74 Å². The normalized spacial score (nSPS) is 10.8. The summed E-state index contributed by atoms with van der Waals surface area (Å²) in [7, 11) is 1.36. The summed E-state index contributed by atoms with van der Waals surface area (Å²) < 4.78 is 4.82. The van der Waals surface area contributed by atoms with E-state index < -0.39 is 0 Å². The first kappa shape index (κ1) is 15.7. The number of aryl methyl sites for hydroxylation is 2. The van der Waals surface area contributed by atoms with E-state index in [2.05, 4.69) is 15.3 Å². The molecule has 0 saturated carbocycles. The van der Waals surface area contributed by atoms with Gasteiger partial charge in [-0.05, 0) is 42.6 Å². The Morgan fingerprint density at radius 1 is 1.26 bits per heavy atom. The highest BCUT2D eigenvalue weighted by atomic mass is 35.5. The van der Waals surface area contributed by atoms with Crippen LogP contribution in [0.5, 0.6) is 0 Å². The maximum atomic E-state index is 11.9. The van der Waals surface area contributed by atoms with E-state index in [0.717, 1.165) is 22.2 Å². The molecule has 1 N–H and O–H groups in total. The number of carbonyl (C=O) groups excluding carboxylic acids is 1. The number of para-hydroxylation sites is 1. The summed E-state index contributed by atoms with van der Waals surface area (Å²) in [5.74, 6) is 0.196. The molecule has 0 spiro atoms. The number of carbonyl (C=O) groups is 1. The van der Waals surface area contributed by atoms with Crippen LogP contribution < -0.4 is 5.32 Å². The minimum absolute atomic E-state index is 0.131. The smallest absolute Gasteiger partial charge is 0.348 e. The Morgan fingerprint density at radius 2 is 2.00 bits per heavy atom. The third kappa shape index (κ3) is 2.87. The van der Waals surface area contributed by atoms with Crippen LogP contribution in [0.1, 0.15) is 20.8 Å². The molecule has 23 heavy (non-hydrogen) atoms. The van der Waals surface area contributed by atoms with Crippen molar-refractivity contribution < 1.29 is 9.53 Å². The molecule has 2 aromatic heterocycles. The number of benzene rings is 1. The number of hydrogen-bond donors (Lipinski definition) is 1. The number of ether oxygens (including phenoxy) is 1. The summed E-state index contributed by atoms with van der Waals surface area (Å²) in [6.45, 7) is 3.86. The highest BCUT2D eigenvalue weighted by Crippen LogP contribution is 2.36. The van der Waals surface area contributed by atoms with Crippen molar-refractivity contribution >= 4 is 50.6 Å². The van der Waals surface area contributed by atoms with Gasteiger partial charge in [0, 0.05) is 5.69 Å². The van der Waals surface area contributed by atoms with Crippen molar-refractivity contribution in [3.63, 3.8) is 0 Å². The van der Waals surface area contributed by atoms with Crippen LogP contribution in [0.25, 0.3) is 10.2 Å². The topological polar surface area (TPSA) is 64.1 Å². The summed E-state index contributed by atoms with van der Waals surface area (Å²) in [6.07, 6.45) is 0. The Kier molecular flexibility index (Phi) is 4.19. The molecule has 0 atom stereocenters. The molecule has 0 bridgehead atoms. The van der Waals surface area contributed by atoms with Crippen LogP contribution in [0.4, 0.5) is 11.5 Å². The van der Waals surface area contributed by atoms with Gasteiger partial charge >= 0.3 is 5.97 Å². The number of hydrogen-bond acceptors (Lipinski definition) is 6. The number of thiophene rings is 1. The number of aromatic nitrogens is 2. The number of halogens is 1. The first-order chi connectivity index (χ1) is 11.0. The van der Waals surface area contributed by atoms with Crippen LogP contribution in [-0.4, -0.2) is 23.0 Å². The fourth-order valence-corrected chi connectivity index (χ4v) is 3.65. The number of fused-ring (bicyclic) bond motifs is 1. The molecule has 0 aliphatic heterocycles. The van der Waals surface area contributed by atoms with Crippen molar-refractivity contribution in [1.82, 2.24) is 9.97 Å². The third-order valence-electron chi connectivity index (χ3n) is 3.53. The molecule has 0 unspecified atom stereocenters. The maximum absolute atomic E-state index is 11.9. The second-order valence-electron chi connectivity index (χ2n) is 5.01. The monoisotopic (exact) mass is 347 g/mol. The number of nitrogens with zero attached hydrogens (tertiary/aromatic N) is 2. The number of rotatable bonds is 3. The van der Waals surface area contributed by atoms with Crippen LogP contribution in [0, 0.1) is 13.8 Å². The van der Waals surface area contributed by atoms with Gasteiger partial charge in [-0.3, -0.25) is 0 Å². The highest BCUT2D eigenvalue weighted by molar-refractivity contribution is 7.20. The standard InChI is InChI=1S/C16H14ClN3O2S/c1-8-6-4-5-7-10(8)18-13-11-9(2)12(15(21)22-3)23-14(11)20-16(17)19-13/h4-7H,1-3H3,(H,18,19,20). The second kappa shape index (κ2) is 6.14. The Bertz CT molecular complexity index is 908. The quantitative estimate of drug-likeness (QED) is 0.558. The molecular formula is C16H14ClN3O2S. The van der Waals surface area contributed by atoms with Crippen molar-refractivity contribution in [2.75, 3.05) is 12.4 Å². The van der Waals surface area contributed by atoms with Crippen molar-refractivity contribution in [3.8, 4) is 0 Å². The van der Waals surface area contributed by atoms with Gasteiger partial charge < -0.3 is 10.1 Å². The minimum Gasteiger partial charge on any atom is -0.465 e. The second-order valence-corrected chi connectivity index (χ2v) is 6.35. The molecule has 3 rings (SSSR count). The van der Waals surface area contributed by atoms with Gasteiger partial charge in [-0.25, -0.2) is 9.78 Å². The van der Waals surface area contributed by atoms with Gasteiger partial charge in [-0.15, -0.1) is 11.3 Å². The molecule has 0 fully saturated rings. The van der Waals surface area contributed by atoms with Gasteiger partial charge in [0.1, 0.15) is 15.5 Å². The van der Waals surface area contributed by atoms with Gasteiger partial charge in [0.2, 0.25) is 5.28 Å². The Morgan fingerprint density at radius 3 is 2.70 bits per heavy atom. The molecule has 0 saturated heterocycles. The van der Waals surface area contributed by atoms with Crippen LogP contribution in [0.15, 0.2) is 24.3 Å². The Labute approximate surface area is 142 Å². The summed E-state index contributed by atoms with van der Waals surface area (Å²) in [5, 5.41) is 4.20. The molecule has 0 radical (unpaired) electrons. The minimum atomic E-state index is -0.386. The molecule has 1 aromatic carbocycles. The molecule has 0 amide bonds. The van der Waals surface area contributed by atoms with E-state index in [0.29, 0.717) is 15.5 Å². The summed E-state index contributed by atoms with van der Waals surface area (Å²) in [6, 6.07) is 7.87. The number of esters is 1. The first-order valence-corrected chi connectivity index (χ1v) is 8.08. The average Bonchev–Trinajstić information content (AvgIpc) is 2.85. The van der Waals surface area contributed by atoms with Gasteiger partial charge in [-0.2, -0.15) is 4.98 Å². The molecule has 5 nitrogen and oxygen atoms in total. The van der Waals surface area contributed by atoms with Crippen LogP contribution in [0.3, 0.4) is 0 Å². The van der Waals surface area contributed by atoms with Gasteiger partial charge in [0.05, 0.1) is 12.5 Å². The van der Waals surface area contributed by atoms with Gasteiger partial charge in [0.25, 0.3) is 0 Å². The SMILES string of the molecule is COC(=O)c1sc2nc(Cl)nc(Nc3ccccc3C)c2c1C. The maximum Gasteiger partial charge on any atom is 0.348 e. The van der Waals surface area contributed by atoms with E-state index in [9.17, 15) is 4.79 Å². The fraction of sp³-hybridized carbons (Fsp3) is 0.188. The highest BCUT2D eigenvalue weighted by Gasteiger charge is 2.21. The van der Waals surface area contributed by atoms with Crippen molar-refractivity contribution in [3.05, 3.63) is 45.6 Å². The van der Waals surface area contributed by atoms with Gasteiger partial charge in [-0.1, -0.05) is 18.2 Å². The predicted molar refractivity (Wildman–Crippen MR) is 93.0 cm³/mol. The summed E-state index contributed by atoms with van der Waals surface area (Å²) in [5.41, 5.74) is 2.79. The molecule has 7 heteroatoms. The zero-order chi connectivity index (χ0) is 16.6. The lowest BCUT2D eigenvalue weighted by Gasteiger charge is -2.10. The molecule has 118 valence electrons. The fourth-order valence-electron chi connectivity index (χ4n) is 2.33. The summed E-state index contributed by atoms with van der Waals surface area (Å²) >= 11 is 7.28. The van der Waals surface area contributed by atoms with Crippen LogP contribution >= 0.6 is 22.9 Å². The average molecular weight is 348 g/mol. The number of anilines is 2. The molecule has 2 heterocycles. The Hall–Kier alpha value is -2.18. The van der Waals surface area contributed by atoms with Crippen molar-refractivity contribution in [2.45, 2.75) is 13.8 Å². The molecule has 0 aliphatic carbocycles.